The monoisotopic (exact) mass is 231 g/mol. The maximum atomic E-state index is 5.63. The van der Waals surface area contributed by atoms with Gasteiger partial charge in [0.1, 0.15) is 0 Å². The summed E-state index contributed by atoms with van der Waals surface area (Å²) < 4.78 is 11.1. The Hall–Kier alpha value is -1.22. The first-order valence-corrected chi connectivity index (χ1v) is 6.55. The zero-order chi connectivity index (χ0) is 11.2. The topological polar surface area (TPSA) is 30.5 Å². The molecule has 2 heterocycles. The summed E-state index contributed by atoms with van der Waals surface area (Å²) in [6.07, 6.45) is 4.96. The van der Waals surface area contributed by atoms with Gasteiger partial charge in [-0.3, -0.25) is 0 Å². The van der Waals surface area contributed by atoms with Crippen molar-refractivity contribution in [3.63, 3.8) is 0 Å². The maximum absolute atomic E-state index is 5.63. The Labute approximate surface area is 101 Å². The van der Waals surface area contributed by atoms with Crippen molar-refractivity contribution in [2.24, 2.45) is 5.92 Å². The van der Waals surface area contributed by atoms with Gasteiger partial charge in [-0.1, -0.05) is 6.07 Å². The van der Waals surface area contributed by atoms with Crippen molar-refractivity contribution in [2.45, 2.75) is 31.7 Å². The molecule has 90 valence electrons. The highest BCUT2D eigenvalue weighted by Gasteiger charge is 2.33. The second-order valence-corrected chi connectivity index (χ2v) is 5.31. The van der Waals surface area contributed by atoms with Gasteiger partial charge in [0.2, 0.25) is 6.79 Å². The first kappa shape index (κ1) is 9.77. The summed E-state index contributed by atoms with van der Waals surface area (Å²) in [6, 6.07) is 4.95. The fraction of sp³-hybridized carbons (Fsp3) is 0.571. The average Bonchev–Trinajstić information content (AvgIpc) is 2.85. The van der Waals surface area contributed by atoms with Gasteiger partial charge >= 0.3 is 0 Å². The molecule has 2 atom stereocenters. The van der Waals surface area contributed by atoms with Crippen LogP contribution in [0.15, 0.2) is 12.1 Å². The van der Waals surface area contributed by atoms with Crippen molar-refractivity contribution >= 4 is 0 Å². The summed E-state index contributed by atoms with van der Waals surface area (Å²) in [7, 11) is 0. The zero-order valence-electron chi connectivity index (χ0n) is 9.87. The molecule has 1 N–H and O–H groups in total. The molecule has 0 amide bonds. The van der Waals surface area contributed by atoms with Crippen molar-refractivity contribution in [3.8, 4) is 11.5 Å². The summed E-state index contributed by atoms with van der Waals surface area (Å²) in [5.41, 5.74) is 2.86. The molecular formula is C14H17NO2. The Morgan fingerprint density at radius 3 is 3.18 bits per heavy atom. The fourth-order valence-electron chi connectivity index (χ4n) is 3.49. The standard InChI is InChI=1S/C14H17NO2/c1-2-10-6-11-9(7-12(10)15-5-1)3-4-13-14(11)17-8-16-13/h3-4,10,12,15H,1-2,5-8H2. The van der Waals surface area contributed by atoms with E-state index in [9.17, 15) is 0 Å². The lowest BCUT2D eigenvalue weighted by molar-refractivity contribution is 0.172. The van der Waals surface area contributed by atoms with Crippen LogP contribution in [-0.4, -0.2) is 19.4 Å². The predicted molar refractivity (Wildman–Crippen MR) is 64.5 cm³/mol. The number of nitrogens with one attached hydrogen (secondary N) is 1. The maximum Gasteiger partial charge on any atom is 0.231 e. The molecule has 0 radical (unpaired) electrons. The van der Waals surface area contributed by atoms with E-state index in [4.69, 9.17) is 9.47 Å². The number of rotatable bonds is 0. The van der Waals surface area contributed by atoms with Crippen molar-refractivity contribution in [1.82, 2.24) is 5.32 Å². The molecule has 1 saturated heterocycles. The molecule has 3 heteroatoms. The number of fused-ring (bicyclic) bond motifs is 4. The Kier molecular flexibility index (Phi) is 2.09. The quantitative estimate of drug-likeness (QED) is 0.739. The second kappa shape index (κ2) is 3.64. The van der Waals surface area contributed by atoms with Crippen LogP contribution in [0.25, 0.3) is 0 Å². The highest BCUT2D eigenvalue weighted by Crippen LogP contribution is 2.42. The van der Waals surface area contributed by atoms with Gasteiger partial charge in [0.15, 0.2) is 11.5 Å². The van der Waals surface area contributed by atoms with Gasteiger partial charge in [0.25, 0.3) is 0 Å². The highest BCUT2D eigenvalue weighted by atomic mass is 16.7. The van der Waals surface area contributed by atoms with Crippen LogP contribution in [0.2, 0.25) is 0 Å². The number of piperidine rings is 1. The van der Waals surface area contributed by atoms with E-state index in [1.165, 1.54) is 30.5 Å². The van der Waals surface area contributed by atoms with Crippen molar-refractivity contribution in [3.05, 3.63) is 23.3 Å². The van der Waals surface area contributed by atoms with Crippen LogP contribution in [0.5, 0.6) is 11.5 Å². The van der Waals surface area contributed by atoms with Crippen LogP contribution in [-0.2, 0) is 12.8 Å². The third-order valence-electron chi connectivity index (χ3n) is 4.37. The molecule has 2 unspecified atom stereocenters. The summed E-state index contributed by atoms with van der Waals surface area (Å²) in [5, 5.41) is 3.66. The van der Waals surface area contributed by atoms with Crippen LogP contribution in [0.3, 0.4) is 0 Å². The third-order valence-corrected chi connectivity index (χ3v) is 4.37. The number of benzene rings is 1. The molecule has 1 aromatic rings. The minimum absolute atomic E-state index is 0.387. The molecule has 0 aromatic heterocycles. The van der Waals surface area contributed by atoms with Crippen molar-refractivity contribution in [1.29, 1.82) is 0 Å². The molecule has 0 bridgehead atoms. The zero-order valence-corrected chi connectivity index (χ0v) is 9.87. The lowest BCUT2D eigenvalue weighted by atomic mass is 9.76. The minimum atomic E-state index is 0.387. The van der Waals surface area contributed by atoms with Crippen LogP contribution in [0.1, 0.15) is 24.0 Å². The molecule has 3 aliphatic rings. The van der Waals surface area contributed by atoms with Gasteiger partial charge in [-0.05, 0) is 49.8 Å². The lowest BCUT2D eigenvalue weighted by Crippen LogP contribution is -2.46. The Morgan fingerprint density at radius 1 is 1.18 bits per heavy atom. The molecule has 3 nitrogen and oxygen atoms in total. The number of hydrogen-bond donors (Lipinski definition) is 1. The molecular weight excluding hydrogens is 214 g/mol. The van der Waals surface area contributed by atoms with Gasteiger partial charge < -0.3 is 14.8 Å². The Morgan fingerprint density at radius 2 is 2.18 bits per heavy atom. The predicted octanol–water partition coefficient (Wildman–Crippen LogP) is 1.88. The molecule has 17 heavy (non-hydrogen) atoms. The number of hydrogen-bond acceptors (Lipinski definition) is 3. The van der Waals surface area contributed by atoms with Crippen molar-refractivity contribution < 1.29 is 9.47 Å². The van der Waals surface area contributed by atoms with E-state index >= 15 is 0 Å². The summed E-state index contributed by atoms with van der Waals surface area (Å²) in [5.74, 6) is 2.74. The normalized spacial score (nSPS) is 29.6. The fourth-order valence-corrected chi connectivity index (χ4v) is 3.49. The lowest BCUT2D eigenvalue weighted by Gasteiger charge is -2.37. The van der Waals surface area contributed by atoms with Crippen LogP contribution in [0.4, 0.5) is 0 Å². The van der Waals surface area contributed by atoms with E-state index in [2.05, 4.69) is 17.4 Å². The molecule has 1 aliphatic carbocycles. The summed E-state index contributed by atoms with van der Waals surface area (Å²) >= 11 is 0. The Balaban J connectivity index is 1.75. The molecule has 1 aromatic carbocycles. The first-order valence-electron chi connectivity index (χ1n) is 6.55. The first-order chi connectivity index (χ1) is 8.42. The largest absolute Gasteiger partial charge is 0.454 e. The van der Waals surface area contributed by atoms with Gasteiger partial charge in [-0.15, -0.1) is 0 Å². The van der Waals surface area contributed by atoms with E-state index in [-0.39, 0.29) is 0 Å². The highest BCUT2D eigenvalue weighted by molar-refractivity contribution is 5.53. The van der Waals surface area contributed by atoms with E-state index < -0.39 is 0 Å². The van der Waals surface area contributed by atoms with Crippen LogP contribution < -0.4 is 14.8 Å². The smallest absolute Gasteiger partial charge is 0.231 e. The number of ether oxygens (including phenoxy) is 2. The van der Waals surface area contributed by atoms with Crippen LogP contribution in [0, 0.1) is 5.92 Å². The minimum Gasteiger partial charge on any atom is -0.454 e. The third kappa shape index (κ3) is 1.45. The molecule has 4 rings (SSSR count). The van der Waals surface area contributed by atoms with Crippen molar-refractivity contribution in [2.75, 3.05) is 13.3 Å². The summed E-state index contributed by atoms with van der Waals surface area (Å²) in [4.78, 5) is 0. The van der Waals surface area contributed by atoms with Crippen LogP contribution >= 0.6 is 0 Å². The van der Waals surface area contributed by atoms with Gasteiger partial charge in [-0.2, -0.15) is 0 Å². The van der Waals surface area contributed by atoms with E-state index in [1.807, 2.05) is 0 Å². The van der Waals surface area contributed by atoms with E-state index in [0.717, 1.165) is 30.3 Å². The molecule has 0 spiro atoms. The van der Waals surface area contributed by atoms with Gasteiger partial charge in [0.05, 0.1) is 0 Å². The van der Waals surface area contributed by atoms with Gasteiger partial charge in [-0.25, -0.2) is 0 Å². The summed E-state index contributed by atoms with van der Waals surface area (Å²) in [6.45, 7) is 1.57. The SMILES string of the molecule is c1cc2c(c3c1CC1NCCCC1C3)OCO2. The second-order valence-electron chi connectivity index (χ2n) is 5.31. The van der Waals surface area contributed by atoms with E-state index in [1.54, 1.807) is 0 Å². The van der Waals surface area contributed by atoms with Gasteiger partial charge in [0, 0.05) is 11.6 Å². The van der Waals surface area contributed by atoms with E-state index in [0.29, 0.717) is 12.8 Å². The molecule has 1 fully saturated rings. The average molecular weight is 231 g/mol. The Bertz CT molecular complexity index is 458. The molecule has 0 saturated carbocycles. The molecule has 2 aliphatic heterocycles.